The first-order valence-corrected chi connectivity index (χ1v) is 5.93. The highest BCUT2D eigenvalue weighted by atomic mass is 16.5. The van der Waals surface area contributed by atoms with Crippen molar-refractivity contribution in [3.05, 3.63) is 29.7 Å². The summed E-state index contributed by atoms with van der Waals surface area (Å²) in [5.41, 5.74) is 1.37. The summed E-state index contributed by atoms with van der Waals surface area (Å²) < 4.78 is 11.3. The van der Waals surface area contributed by atoms with Gasteiger partial charge in [0.2, 0.25) is 5.89 Å². The second kappa shape index (κ2) is 4.10. The van der Waals surface area contributed by atoms with Crippen LogP contribution in [0.25, 0.3) is 11.1 Å². The number of oxazole rings is 1. The summed E-state index contributed by atoms with van der Waals surface area (Å²) in [5, 5.41) is 8.91. The van der Waals surface area contributed by atoms with Crippen molar-refractivity contribution in [2.45, 2.75) is 32.0 Å². The van der Waals surface area contributed by atoms with Crippen LogP contribution in [0.2, 0.25) is 0 Å². The molecule has 18 heavy (non-hydrogen) atoms. The molecule has 0 saturated carbocycles. The maximum absolute atomic E-state index is 10.9. The van der Waals surface area contributed by atoms with E-state index in [4.69, 9.17) is 14.3 Å². The van der Waals surface area contributed by atoms with Crippen LogP contribution in [0.3, 0.4) is 0 Å². The van der Waals surface area contributed by atoms with Crippen LogP contribution in [0.4, 0.5) is 0 Å². The molecule has 0 spiro atoms. The fourth-order valence-electron chi connectivity index (χ4n) is 2.20. The van der Waals surface area contributed by atoms with Crippen LogP contribution in [0.5, 0.6) is 0 Å². The van der Waals surface area contributed by atoms with Gasteiger partial charge in [-0.2, -0.15) is 0 Å². The molecule has 1 saturated heterocycles. The molecule has 1 fully saturated rings. The summed E-state index contributed by atoms with van der Waals surface area (Å²) in [6.07, 6.45) is 1.99. The van der Waals surface area contributed by atoms with E-state index < -0.39 is 5.97 Å². The highest BCUT2D eigenvalue weighted by molar-refractivity contribution is 5.91. The van der Waals surface area contributed by atoms with Gasteiger partial charge >= 0.3 is 5.97 Å². The van der Waals surface area contributed by atoms with Crippen LogP contribution in [-0.2, 0) is 4.74 Å². The number of aromatic nitrogens is 1. The van der Waals surface area contributed by atoms with Crippen molar-refractivity contribution in [2.75, 3.05) is 0 Å². The Morgan fingerprint density at radius 2 is 2.28 bits per heavy atom. The Balaban J connectivity index is 1.98. The molecule has 0 radical (unpaired) electrons. The monoisotopic (exact) mass is 247 g/mol. The highest BCUT2D eigenvalue weighted by Gasteiger charge is 2.27. The van der Waals surface area contributed by atoms with Crippen molar-refractivity contribution >= 4 is 17.1 Å². The van der Waals surface area contributed by atoms with Crippen molar-refractivity contribution < 1.29 is 19.1 Å². The van der Waals surface area contributed by atoms with Gasteiger partial charge in [-0.05, 0) is 38.0 Å². The molecule has 0 bridgehead atoms. The molecular formula is C13H13NO4. The molecule has 2 unspecified atom stereocenters. The molecule has 5 heteroatoms. The number of aromatic carboxylic acids is 1. The van der Waals surface area contributed by atoms with Gasteiger partial charge in [0.15, 0.2) is 5.58 Å². The van der Waals surface area contributed by atoms with E-state index >= 15 is 0 Å². The van der Waals surface area contributed by atoms with Crippen LogP contribution < -0.4 is 0 Å². The minimum absolute atomic E-state index is 0.110. The third kappa shape index (κ3) is 1.86. The lowest BCUT2D eigenvalue weighted by atomic mass is 10.2. The van der Waals surface area contributed by atoms with E-state index in [0.717, 1.165) is 12.8 Å². The molecule has 0 aliphatic carbocycles. The lowest BCUT2D eigenvalue weighted by molar-refractivity contribution is 0.0401. The summed E-state index contributed by atoms with van der Waals surface area (Å²) in [4.78, 5) is 15.2. The predicted octanol–water partition coefficient (Wildman–Crippen LogP) is 2.77. The molecule has 1 aromatic heterocycles. The maximum Gasteiger partial charge on any atom is 0.335 e. The zero-order valence-electron chi connectivity index (χ0n) is 9.92. The summed E-state index contributed by atoms with van der Waals surface area (Å²) >= 11 is 0. The molecule has 0 amide bonds. The zero-order chi connectivity index (χ0) is 12.7. The zero-order valence-corrected chi connectivity index (χ0v) is 9.92. The van der Waals surface area contributed by atoms with Gasteiger partial charge < -0.3 is 14.3 Å². The van der Waals surface area contributed by atoms with Gasteiger partial charge in [-0.1, -0.05) is 0 Å². The van der Waals surface area contributed by atoms with Gasteiger partial charge in [0.25, 0.3) is 0 Å². The molecule has 1 aliphatic rings. The van der Waals surface area contributed by atoms with Gasteiger partial charge in [-0.3, -0.25) is 0 Å². The first-order valence-electron chi connectivity index (χ1n) is 5.93. The Morgan fingerprint density at radius 3 is 2.94 bits per heavy atom. The van der Waals surface area contributed by atoms with E-state index in [1.165, 1.54) is 12.1 Å². The van der Waals surface area contributed by atoms with Gasteiger partial charge in [0.1, 0.15) is 11.6 Å². The van der Waals surface area contributed by atoms with E-state index in [1.807, 2.05) is 6.92 Å². The van der Waals surface area contributed by atoms with Gasteiger partial charge in [-0.15, -0.1) is 0 Å². The van der Waals surface area contributed by atoms with Crippen LogP contribution in [-0.4, -0.2) is 22.2 Å². The second-order valence-corrected chi connectivity index (χ2v) is 4.55. The minimum atomic E-state index is -0.966. The Labute approximate surface area is 103 Å². The first-order chi connectivity index (χ1) is 8.63. The number of carboxylic acids is 1. The van der Waals surface area contributed by atoms with Gasteiger partial charge in [0, 0.05) is 0 Å². The molecule has 2 heterocycles. The van der Waals surface area contributed by atoms with Crippen LogP contribution in [0.1, 0.15) is 42.1 Å². The van der Waals surface area contributed by atoms with Crippen molar-refractivity contribution in [2.24, 2.45) is 0 Å². The SMILES string of the molecule is CC1CCC(c2nc3cc(C(=O)O)ccc3o2)O1. The Hall–Kier alpha value is -1.88. The number of carbonyl (C=O) groups is 1. The number of hydrogen-bond acceptors (Lipinski definition) is 4. The van der Waals surface area contributed by atoms with E-state index in [0.29, 0.717) is 17.0 Å². The van der Waals surface area contributed by atoms with E-state index in [2.05, 4.69) is 4.98 Å². The van der Waals surface area contributed by atoms with Crippen LogP contribution >= 0.6 is 0 Å². The van der Waals surface area contributed by atoms with Crippen LogP contribution in [0.15, 0.2) is 22.6 Å². The van der Waals surface area contributed by atoms with E-state index in [9.17, 15) is 4.79 Å². The van der Waals surface area contributed by atoms with Crippen molar-refractivity contribution in [1.82, 2.24) is 4.98 Å². The number of fused-ring (bicyclic) bond motifs is 1. The number of ether oxygens (including phenoxy) is 1. The number of hydrogen-bond donors (Lipinski definition) is 1. The summed E-state index contributed by atoms with van der Waals surface area (Å²) in [6.45, 7) is 2.02. The summed E-state index contributed by atoms with van der Waals surface area (Å²) in [7, 11) is 0. The lowest BCUT2D eigenvalue weighted by Crippen LogP contribution is -2.00. The normalized spacial score (nSPS) is 23.6. The molecule has 5 nitrogen and oxygen atoms in total. The quantitative estimate of drug-likeness (QED) is 0.883. The summed E-state index contributed by atoms with van der Waals surface area (Å²) in [6, 6.07) is 4.66. The van der Waals surface area contributed by atoms with Crippen molar-refractivity contribution in [1.29, 1.82) is 0 Å². The fraction of sp³-hybridized carbons (Fsp3) is 0.385. The summed E-state index contributed by atoms with van der Waals surface area (Å²) in [5.74, 6) is -0.427. The number of benzene rings is 1. The third-order valence-corrected chi connectivity index (χ3v) is 3.16. The molecule has 1 aliphatic heterocycles. The van der Waals surface area contributed by atoms with Crippen molar-refractivity contribution in [3.8, 4) is 0 Å². The predicted molar refractivity (Wildman–Crippen MR) is 63.5 cm³/mol. The molecule has 3 rings (SSSR count). The average Bonchev–Trinajstić information content (AvgIpc) is 2.93. The maximum atomic E-state index is 10.9. The van der Waals surface area contributed by atoms with E-state index in [-0.39, 0.29) is 17.8 Å². The Kier molecular flexibility index (Phi) is 2.56. The second-order valence-electron chi connectivity index (χ2n) is 4.55. The molecule has 2 aromatic rings. The minimum Gasteiger partial charge on any atom is -0.478 e. The molecule has 94 valence electrons. The Morgan fingerprint density at radius 1 is 1.44 bits per heavy atom. The molecule has 1 N–H and O–H groups in total. The number of rotatable bonds is 2. The van der Waals surface area contributed by atoms with E-state index in [1.54, 1.807) is 6.07 Å². The smallest absolute Gasteiger partial charge is 0.335 e. The topological polar surface area (TPSA) is 72.6 Å². The molecule has 2 atom stereocenters. The lowest BCUT2D eigenvalue weighted by Gasteiger charge is -2.05. The average molecular weight is 247 g/mol. The number of carboxylic acid groups (broad SMARTS) is 1. The fourth-order valence-corrected chi connectivity index (χ4v) is 2.20. The van der Waals surface area contributed by atoms with Crippen LogP contribution in [0, 0.1) is 0 Å². The highest BCUT2D eigenvalue weighted by Crippen LogP contribution is 2.33. The Bertz CT molecular complexity index is 604. The standard InChI is InChI=1S/C13H13NO4/c1-7-2-4-11(17-7)12-14-9-6-8(13(15)16)3-5-10(9)18-12/h3,5-7,11H,2,4H2,1H3,(H,15,16). The van der Waals surface area contributed by atoms with Gasteiger partial charge in [-0.25, -0.2) is 9.78 Å². The molecular weight excluding hydrogens is 234 g/mol. The molecule has 1 aromatic carbocycles. The first kappa shape index (κ1) is 11.2. The third-order valence-electron chi connectivity index (χ3n) is 3.16. The van der Waals surface area contributed by atoms with Crippen molar-refractivity contribution in [3.63, 3.8) is 0 Å². The number of nitrogens with zero attached hydrogens (tertiary/aromatic N) is 1. The van der Waals surface area contributed by atoms with Gasteiger partial charge in [0.05, 0.1) is 11.7 Å². The largest absolute Gasteiger partial charge is 0.478 e.